The maximum Gasteiger partial charge on any atom is 0.0478 e. The summed E-state index contributed by atoms with van der Waals surface area (Å²) < 4.78 is 5.66. The standard InChI is InChI=1S/C22H47NO2/c1-2-3-4-5-6-7-8-9-10-11-12-13-14-15-21-25-22-17-19-23-18-16-20-24/h23-24H,2-22H2,1H3. The van der Waals surface area contributed by atoms with Crippen LogP contribution in [0.15, 0.2) is 0 Å². The smallest absolute Gasteiger partial charge is 0.0478 e. The predicted molar refractivity (Wildman–Crippen MR) is 110 cm³/mol. The van der Waals surface area contributed by atoms with Crippen molar-refractivity contribution in [3.05, 3.63) is 0 Å². The highest BCUT2D eigenvalue weighted by Gasteiger charge is 1.95. The Morgan fingerprint density at radius 3 is 1.52 bits per heavy atom. The van der Waals surface area contributed by atoms with E-state index in [0.717, 1.165) is 39.1 Å². The molecular formula is C22H47NO2. The Hall–Kier alpha value is -0.120. The summed E-state index contributed by atoms with van der Waals surface area (Å²) in [7, 11) is 0. The third kappa shape index (κ3) is 23.9. The Kier molecular flexibility index (Phi) is 23.8. The molecule has 0 aliphatic carbocycles. The van der Waals surface area contributed by atoms with Crippen molar-refractivity contribution in [2.45, 2.75) is 110 Å². The number of ether oxygens (including phenoxy) is 1. The summed E-state index contributed by atoms with van der Waals surface area (Å²) in [5.41, 5.74) is 0. The molecule has 3 nitrogen and oxygen atoms in total. The van der Waals surface area contributed by atoms with E-state index in [4.69, 9.17) is 9.84 Å². The minimum absolute atomic E-state index is 0.280. The fourth-order valence-corrected chi connectivity index (χ4v) is 3.13. The van der Waals surface area contributed by atoms with E-state index in [2.05, 4.69) is 12.2 Å². The molecule has 0 aliphatic rings. The van der Waals surface area contributed by atoms with Crippen molar-refractivity contribution < 1.29 is 9.84 Å². The van der Waals surface area contributed by atoms with E-state index < -0.39 is 0 Å². The largest absolute Gasteiger partial charge is 0.396 e. The third-order valence-electron chi connectivity index (χ3n) is 4.80. The van der Waals surface area contributed by atoms with Crippen molar-refractivity contribution in [1.82, 2.24) is 5.32 Å². The van der Waals surface area contributed by atoms with Crippen LogP contribution in [0.3, 0.4) is 0 Å². The van der Waals surface area contributed by atoms with E-state index in [1.54, 1.807) is 0 Å². The Labute approximate surface area is 158 Å². The number of unbranched alkanes of at least 4 members (excludes halogenated alkanes) is 13. The summed E-state index contributed by atoms with van der Waals surface area (Å²) >= 11 is 0. The van der Waals surface area contributed by atoms with Crippen LogP contribution in [-0.2, 0) is 4.74 Å². The van der Waals surface area contributed by atoms with Gasteiger partial charge in [-0.25, -0.2) is 0 Å². The molecule has 0 aliphatic heterocycles. The first-order valence-corrected chi connectivity index (χ1v) is 11.3. The second-order valence-electron chi connectivity index (χ2n) is 7.39. The average Bonchev–Trinajstić information content (AvgIpc) is 2.63. The minimum atomic E-state index is 0.280. The first-order chi connectivity index (χ1) is 12.4. The van der Waals surface area contributed by atoms with Crippen LogP contribution in [0.5, 0.6) is 0 Å². The molecule has 0 bridgehead atoms. The van der Waals surface area contributed by atoms with Crippen molar-refractivity contribution in [3.63, 3.8) is 0 Å². The minimum Gasteiger partial charge on any atom is -0.396 e. The summed E-state index contributed by atoms with van der Waals surface area (Å²) in [5, 5.41) is 12.0. The second kappa shape index (κ2) is 23.9. The maximum absolute atomic E-state index is 8.66. The molecule has 25 heavy (non-hydrogen) atoms. The maximum atomic E-state index is 8.66. The van der Waals surface area contributed by atoms with Gasteiger partial charge in [0.25, 0.3) is 0 Å². The van der Waals surface area contributed by atoms with Crippen LogP contribution in [0.1, 0.15) is 110 Å². The van der Waals surface area contributed by atoms with E-state index in [1.807, 2.05) is 0 Å². The van der Waals surface area contributed by atoms with Gasteiger partial charge in [0.2, 0.25) is 0 Å². The zero-order chi connectivity index (χ0) is 18.3. The molecule has 0 rings (SSSR count). The molecule has 0 aromatic carbocycles. The van der Waals surface area contributed by atoms with Gasteiger partial charge in [0, 0.05) is 19.8 Å². The van der Waals surface area contributed by atoms with Crippen LogP contribution >= 0.6 is 0 Å². The zero-order valence-electron chi connectivity index (χ0n) is 17.2. The van der Waals surface area contributed by atoms with E-state index in [9.17, 15) is 0 Å². The molecule has 152 valence electrons. The zero-order valence-corrected chi connectivity index (χ0v) is 17.2. The van der Waals surface area contributed by atoms with Gasteiger partial charge < -0.3 is 15.2 Å². The van der Waals surface area contributed by atoms with Crippen molar-refractivity contribution in [3.8, 4) is 0 Å². The van der Waals surface area contributed by atoms with Gasteiger partial charge in [-0.05, 0) is 32.4 Å². The first kappa shape index (κ1) is 24.9. The number of aliphatic hydroxyl groups is 1. The summed E-state index contributed by atoms with van der Waals surface area (Å²) in [6.07, 6.45) is 21.6. The highest BCUT2D eigenvalue weighted by molar-refractivity contribution is 4.50. The van der Waals surface area contributed by atoms with E-state index in [0.29, 0.717) is 0 Å². The molecule has 0 radical (unpaired) electrons. The molecule has 0 fully saturated rings. The van der Waals surface area contributed by atoms with E-state index in [1.165, 1.54) is 89.9 Å². The number of hydrogen-bond acceptors (Lipinski definition) is 3. The molecule has 0 saturated heterocycles. The topological polar surface area (TPSA) is 41.5 Å². The number of aliphatic hydroxyl groups excluding tert-OH is 1. The van der Waals surface area contributed by atoms with Crippen molar-refractivity contribution in [2.24, 2.45) is 0 Å². The lowest BCUT2D eigenvalue weighted by Crippen LogP contribution is -2.19. The fourth-order valence-electron chi connectivity index (χ4n) is 3.13. The van der Waals surface area contributed by atoms with E-state index in [-0.39, 0.29) is 6.61 Å². The lowest BCUT2D eigenvalue weighted by molar-refractivity contribution is 0.127. The van der Waals surface area contributed by atoms with Crippen LogP contribution in [0.4, 0.5) is 0 Å². The number of rotatable bonds is 22. The van der Waals surface area contributed by atoms with Gasteiger partial charge in [0.05, 0.1) is 0 Å². The van der Waals surface area contributed by atoms with Crippen LogP contribution < -0.4 is 5.32 Å². The quantitative estimate of drug-likeness (QED) is 0.239. The van der Waals surface area contributed by atoms with Crippen LogP contribution in [-0.4, -0.2) is 38.0 Å². The monoisotopic (exact) mass is 357 g/mol. The highest BCUT2D eigenvalue weighted by atomic mass is 16.5. The Balaban J connectivity index is 2.94. The molecule has 0 spiro atoms. The van der Waals surface area contributed by atoms with Gasteiger partial charge in [-0.1, -0.05) is 90.4 Å². The van der Waals surface area contributed by atoms with Gasteiger partial charge >= 0.3 is 0 Å². The SMILES string of the molecule is CCCCCCCCCCCCCCCCOCCCNCCCO. The van der Waals surface area contributed by atoms with Gasteiger partial charge in [0.15, 0.2) is 0 Å². The van der Waals surface area contributed by atoms with Gasteiger partial charge in [-0.2, -0.15) is 0 Å². The molecule has 2 N–H and O–H groups in total. The summed E-state index contributed by atoms with van der Waals surface area (Å²) in [4.78, 5) is 0. The van der Waals surface area contributed by atoms with Crippen LogP contribution in [0, 0.1) is 0 Å². The molecule has 0 aromatic rings. The molecular weight excluding hydrogens is 310 g/mol. The number of nitrogens with one attached hydrogen (secondary N) is 1. The van der Waals surface area contributed by atoms with E-state index >= 15 is 0 Å². The average molecular weight is 358 g/mol. The molecule has 0 saturated carbocycles. The van der Waals surface area contributed by atoms with Crippen molar-refractivity contribution >= 4 is 0 Å². The first-order valence-electron chi connectivity index (χ1n) is 11.3. The third-order valence-corrected chi connectivity index (χ3v) is 4.80. The molecule has 0 unspecified atom stereocenters. The molecule has 0 amide bonds. The molecule has 3 heteroatoms. The van der Waals surface area contributed by atoms with Gasteiger partial charge in [0.1, 0.15) is 0 Å². The lowest BCUT2D eigenvalue weighted by Gasteiger charge is -2.06. The molecule has 0 atom stereocenters. The van der Waals surface area contributed by atoms with Gasteiger partial charge in [-0.15, -0.1) is 0 Å². The fraction of sp³-hybridized carbons (Fsp3) is 1.00. The van der Waals surface area contributed by atoms with Gasteiger partial charge in [-0.3, -0.25) is 0 Å². The highest BCUT2D eigenvalue weighted by Crippen LogP contribution is 2.12. The van der Waals surface area contributed by atoms with Crippen molar-refractivity contribution in [1.29, 1.82) is 0 Å². The Bertz CT molecular complexity index is 202. The van der Waals surface area contributed by atoms with Crippen molar-refractivity contribution in [2.75, 3.05) is 32.9 Å². The molecule has 0 aromatic heterocycles. The van der Waals surface area contributed by atoms with Crippen LogP contribution in [0.2, 0.25) is 0 Å². The van der Waals surface area contributed by atoms with Crippen LogP contribution in [0.25, 0.3) is 0 Å². The number of hydrogen-bond donors (Lipinski definition) is 2. The Morgan fingerprint density at radius 2 is 1.00 bits per heavy atom. The molecule has 0 heterocycles. The normalized spacial score (nSPS) is 11.3. The summed E-state index contributed by atoms with van der Waals surface area (Å²) in [6, 6.07) is 0. The lowest BCUT2D eigenvalue weighted by atomic mass is 10.0. The second-order valence-corrected chi connectivity index (χ2v) is 7.39. The summed E-state index contributed by atoms with van der Waals surface area (Å²) in [6.45, 7) is 6.27. The predicted octanol–water partition coefficient (Wildman–Crippen LogP) is 5.85. The Morgan fingerprint density at radius 1 is 0.560 bits per heavy atom. The summed E-state index contributed by atoms with van der Waals surface area (Å²) in [5.74, 6) is 0.